The minimum absolute atomic E-state index is 0.169. The highest BCUT2D eigenvalue weighted by atomic mass is 16.5. The summed E-state index contributed by atoms with van der Waals surface area (Å²) >= 11 is 0. The summed E-state index contributed by atoms with van der Waals surface area (Å²) in [5, 5.41) is 9.70. The molecule has 0 amide bonds. The summed E-state index contributed by atoms with van der Waals surface area (Å²) in [6.07, 6.45) is 2.14. The van der Waals surface area contributed by atoms with E-state index in [0.717, 1.165) is 25.2 Å². The predicted molar refractivity (Wildman–Crippen MR) is 74.9 cm³/mol. The van der Waals surface area contributed by atoms with Crippen LogP contribution in [-0.4, -0.2) is 23.9 Å². The Morgan fingerprint density at radius 3 is 2.67 bits per heavy atom. The second-order valence-electron chi connectivity index (χ2n) is 4.90. The van der Waals surface area contributed by atoms with Gasteiger partial charge in [0.15, 0.2) is 0 Å². The van der Waals surface area contributed by atoms with Gasteiger partial charge in [-0.25, -0.2) is 0 Å². The van der Waals surface area contributed by atoms with Gasteiger partial charge < -0.3 is 15.6 Å². The number of aliphatic hydroxyl groups is 1. The molecule has 0 aliphatic rings. The topological polar surface area (TPSA) is 55.5 Å². The van der Waals surface area contributed by atoms with Gasteiger partial charge in [-0.15, -0.1) is 0 Å². The van der Waals surface area contributed by atoms with Crippen LogP contribution in [0.25, 0.3) is 0 Å². The monoisotopic (exact) mass is 251 g/mol. The third-order valence-electron chi connectivity index (χ3n) is 3.10. The van der Waals surface area contributed by atoms with Crippen LogP contribution in [0.4, 0.5) is 0 Å². The first-order valence-electron chi connectivity index (χ1n) is 6.70. The fourth-order valence-corrected chi connectivity index (χ4v) is 1.82. The number of benzene rings is 1. The number of ether oxygens (including phenoxy) is 1. The SMILES string of the molecule is CCCOc1ccc(CCC(O)C(C)N)c(C)c1. The van der Waals surface area contributed by atoms with Crippen LogP contribution < -0.4 is 10.5 Å². The molecule has 0 heterocycles. The van der Waals surface area contributed by atoms with Crippen LogP contribution in [0, 0.1) is 6.92 Å². The number of nitrogens with two attached hydrogens (primary N) is 1. The van der Waals surface area contributed by atoms with Crippen molar-refractivity contribution in [2.75, 3.05) is 6.61 Å². The van der Waals surface area contributed by atoms with Crippen LogP contribution in [0.5, 0.6) is 5.75 Å². The molecule has 0 aromatic heterocycles. The highest BCUT2D eigenvalue weighted by Gasteiger charge is 2.10. The molecule has 3 N–H and O–H groups in total. The smallest absolute Gasteiger partial charge is 0.119 e. The average molecular weight is 251 g/mol. The van der Waals surface area contributed by atoms with Gasteiger partial charge in [0.25, 0.3) is 0 Å². The number of rotatable bonds is 7. The summed E-state index contributed by atoms with van der Waals surface area (Å²) in [6.45, 7) is 6.75. The standard InChI is InChI=1S/C15H25NO2/c1-4-9-18-14-7-5-13(11(2)10-14)6-8-15(17)12(3)16/h5,7,10,12,15,17H,4,6,8-9,16H2,1-3H3. The van der Waals surface area contributed by atoms with Crippen molar-refractivity contribution in [1.82, 2.24) is 0 Å². The molecule has 0 bridgehead atoms. The van der Waals surface area contributed by atoms with E-state index in [4.69, 9.17) is 10.5 Å². The quantitative estimate of drug-likeness (QED) is 0.782. The number of aliphatic hydroxyl groups excluding tert-OH is 1. The molecule has 1 aromatic rings. The molecule has 3 heteroatoms. The Bertz CT molecular complexity index is 364. The van der Waals surface area contributed by atoms with Crippen LogP contribution >= 0.6 is 0 Å². The minimum atomic E-state index is -0.430. The van der Waals surface area contributed by atoms with Crippen LogP contribution in [0.1, 0.15) is 37.8 Å². The van der Waals surface area contributed by atoms with E-state index in [1.165, 1.54) is 11.1 Å². The van der Waals surface area contributed by atoms with Crippen molar-refractivity contribution in [3.05, 3.63) is 29.3 Å². The van der Waals surface area contributed by atoms with E-state index < -0.39 is 6.10 Å². The lowest BCUT2D eigenvalue weighted by Gasteiger charge is -2.15. The van der Waals surface area contributed by atoms with Crippen LogP contribution in [-0.2, 0) is 6.42 Å². The predicted octanol–water partition coefficient (Wildman–Crippen LogP) is 2.42. The summed E-state index contributed by atoms with van der Waals surface area (Å²) in [5.41, 5.74) is 8.10. The molecule has 2 atom stereocenters. The Balaban J connectivity index is 2.57. The molecule has 0 spiro atoms. The lowest BCUT2D eigenvalue weighted by Crippen LogP contribution is -2.31. The average Bonchev–Trinajstić information content (AvgIpc) is 2.34. The number of hydrogen-bond acceptors (Lipinski definition) is 3. The fraction of sp³-hybridized carbons (Fsp3) is 0.600. The molecular weight excluding hydrogens is 226 g/mol. The first-order chi connectivity index (χ1) is 8.54. The summed E-state index contributed by atoms with van der Waals surface area (Å²) in [7, 11) is 0. The molecule has 3 nitrogen and oxygen atoms in total. The van der Waals surface area contributed by atoms with E-state index in [0.29, 0.717) is 6.42 Å². The fourth-order valence-electron chi connectivity index (χ4n) is 1.82. The first-order valence-corrected chi connectivity index (χ1v) is 6.70. The lowest BCUT2D eigenvalue weighted by molar-refractivity contribution is 0.141. The Morgan fingerprint density at radius 1 is 1.39 bits per heavy atom. The summed E-state index contributed by atoms with van der Waals surface area (Å²) in [6, 6.07) is 5.96. The van der Waals surface area contributed by atoms with Gasteiger partial charge in [0.2, 0.25) is 0 Å². The molecule has 102 valence electrons. The Hall–Kier alpha value is -1.06. The molecular formula is C15H25NO2. The van der Waals surface area contributed by atoms with Crippen molar-refractivity contribution in [3.8, 4) is 5.75 Å². The van der Waals surface area contributed by atoms with E-state index in [9.17, 15) is 5.11 Å². The molecule has 0 saturated heterocycles. The maximum absolute atomic E-state index is 9.70. The molecule has 0 aliphatic heterocycles. The van der Waals surface area contributed by atoms with Crippen molar-refractivity contribution in [2.45, 2.75) is 52.2 Å². The van der Waals surface area contributed by atoms with Crippen molar-refractivity contribution in [3.63, 3.8) is 0 Å². The van der Waals surface area contributed by atoms with E-state index in [1.807, 2.05) is 13.0 Å². The Morgan fingerprint density at radius 2 is 2.11 bits per heavy atom. The highest BCUT2D eigenvalue weighted by Crippen LogP contribution is 2.19. The van der Waals surface area contributed by atoms with Crippen molar-refractivity contribution in [2.24, 2.45) is 5.73 Å². The third-order valence-corrected chi connectivity index (χ3v) is 3.10. The Labute approximate surface area is 110 Å². The maximum atomic E-state index is 9.70. The van der Waals surface area contributed by atoms with Gasteiger partial charge in [-0.3, -0.25) is 0 Å². The molecule has 0 fully saturated rings. The van der Waals surface area contributed by atoms with Crippen LogP contribution in [0.15, 0.2) is 18.2 Å². The normalized spacial score (nSPS) is 14.3. The van der Waals surface area contributed by atoms with E-state index in [-0.39, 0.29) is 6.04 Å². The summed E-state index contributed by atoms with van der Waals surface area (Å²) < 4.78 is 5.59. The summed E-state index contributed by atoms with van der Waals surface area (Å²) in [5.74, 6) is 0.922. The van der Waals surface area contributed by atoms with Gasteiger partial charge in [-0.05, 0) is 56.4 Å². The van der Waals surface area contributed by atoms with E-state index in [1.54, 1.807) is 0 Å². The molecule has 2 unspecified atom stereocenters. The summed E-state index contributed by atoms with van der Waals surface area (Å²) in [4.78, 5) is 0. The van der Waals surface area contributed by atoms with Gasteiger partial charge in [0.05, 0.1) is 12.7 Å². The van der Waals surface area contributed by atoms with Gasteiger partial charge in [0.1, 0.15) is 5.75 Å². The zero-order valence-electron chi connectivity index (χ0n) is 11.6. The van der Waals surface area contributed by atoms with E-state index >= 15 is 0 Å². The maximum Gasteiger partial charge on any atom is 0.119 e. The minimum Gasteiger partial charge on any atom is -0.494 e. The molecule has 18 heavy (non-hydrogen) atoms. The zero-order valence-corrected chi connectivity index (χ0v) is 11.6. The number of hydrogen-bond donors (Lipinski definition) is 2. The molecule has 0 saturated carbocycles. The largest absolute Gasteiger partial charge is 0.494 e. The second kappa shape index (κ2) is 7.39. The molecule has 0 aliphatic carbocycles. The highest BCUT2D eigenvalue weighted by molar-refractivity contribution is 5.34. The van der Waals surface area contributed by atoms with Gasteiger partial charge in [0, 0.05) is 6.04 Å². The van der Waals surface area contributed by atoms with Crippen molar-refractivity contribution >= 4 is 0 Å². The molecule has 0 radical (unpaired) electrons. The van der Waals surface area contributed by atoms with Crippen molar-refractivity contribution in [1.29, 1.82) is 0 Å². The Kier molecular flexibility index (Phi) is 6.16. The van der Waals surface area contributed by atoms with Gasteiger partial charge in [-0.2, -0.15) is 0 Å². The molecule has 1 rings (SSSR count). The van der Waals surface area contributed by atoms with Gasteiger partial charge >= 0.3 is 0 Å². The second-order valence-corrected chi connectivity index (χ2v) is 4.90. The molecule has 1 aromatic carbocycles. The zero-order chi connectivity index (χ0) is 13.5. The van der Waals surface area contributed by atoms with Crippen LogP contribution in [0.3, 0.4) is 0 Å². The number of aryl methyl sites for hydroxylation is 2. The van der Waals surface area contributed by atoms with E-state index in [2.05, 4.69) is 26.0 Å². The van der Waals surface area contributed by atoms with Crippen LogP contribution in [0.2, 0.25) is 0 Å². The van der Waals surface area contributed by atoms with Crippen molar-refractivity contribution < 1.29 is 9.84 Å². The van der Waals surface area contributed by atoms with Gasteiger partial charge in [-0.1, -0.05) is 13.0 Å². The lowest BCUT2D eigenvalue weighted by atomic mass is 9.99. The first kappa shape index (κ1) is 15.0. The third kappa shape index (κ3) is 4.67.